The number of hydrogen-bond acceptors (Lipinski definition) is 3. The maximum Gasteiger partial charge on any atom is 0.523 e. The van der Waals surface area contributed by atoms with Gasteiger partial charge >= 0.3 is 15.6 Å². The summed E-state index contributed by atoms with van der Waals surface area (Å²) in [5.41, 5.74) is -4.48. The maximum absolute atomic E-state index is 12.6. The summed E-state index contributed by atoms with van der Waals surface area (Å²) in [6.07, 6.45) is 2.76. The van der Waals surface area contributed by atoms with E-state index in [0.29, 0.717) is 10.3 Å². The average Bonchev–Trinajstić information content (AvgIpc) is 2.36. The first-order valence-electron chi connectivity index (χ1n) is 6.20. The highest BCUT2D eigenvalue weighted by Gasteiger charge is 2.49. The molecule has 0 saturated carbocycles. The van der Waals surface area contributed by atoms with E-state index < -0.39 is 25.9 Å². The summed E-state index contributed by atoms with van der Waals surface area (Å²) in [6, 6.07) is 10.5. The third-order valence-electron chi connectivity index (χ3n) is 3.17. The lowest BCUT2D eigenvalue weighted by atomic mass is 10.1. The Morgan fingerprint density at radius 1 is 0.955 bits per heavy atom. The Hall–Kier alpha value is -1.25. The van der Waals surface area contributed by atoms with Crippen LogP contribution in [-0.4, -0.2) is 26.4 Å². The van der Waals surface area contributed by atoms with Gasteiger partial charge in [0.2, 0.25) is 0 Å². The molecule has 122 valence electrons. The monoisotopic (exact) mass is 352 g/mol. The zero-order chi connectivity index (χ0) is 16.8. The van der Waals surface area contributed by atoms with Crippen molar-refractivity contribution >= 4 is 31.2 Å². The zero-order valence-electron chi connectivity index (χ0n) is 12.1. The van der Waals surface area contributed by atoms with Crippen LogP contribution in [0.5, 0.6) is 0 Å². The summed E-state index contributed by atoms with van der Waals surface area (Å²) in [5, 5.41) is 1.55. The van der Waals surface area contributed by atoms with E-state index in [4.69, 9.17) is 0 Å². The molecule has 2 rings (SSSR count). The quantitative estimate of drug-likeness (QED) is 0.771. The summed E-state index contributed by atoms with van der Waals surface area (Å²) in [4.78, 5) is 0.460. The van der Waals surface area contributed by atoms with E-state index in [2.05, 4.69) is 3.63 Å². The first-order chi connectivity index (χ1) is 9.96. The van der Waals surface area contributed by atoms with Crippen LogP contribution in [0.4, 0.5) is 13.2 Å². The molecule has 0 aliphatic carbocycles. The highest BCUT2D eigenvalue weighted by molar-refractivity contribution is 8.32. The van der Waals surface area contributed by atoms with Crippen LogP contribution in [0.2, 0.25) is 0 Å². The molecule has 0 fully saturated rings. The van der Waals surface area contributed by atoms with E-state index in [1.807, 2.05) is 19.1 Å². The van der Waals surface area contributed by atoms with Gasteiger partial charge in [-0.15, -0.1) is 0 Å². The van der Waals surface area contributed by atoms with Crippen molar-refractivity contribution in [3.05, 3.63) is 42.0 Å². The van der Waals surface area contributed by atoms with Gasteiger partial charge in [0.1, 0.15) is 0 Å². The Morgan fingerprint density at radius 3 is 2.05 bits per heavy atom. The summed E-state index contributed by atoms with van der Waals surface area (Å²) in [7, 11) is -8.30. The van der Waals surface area contributed by atoms with E-state index in [1.165, 1.54) is 12.5 Å². The van der Waals surface area contributed by atoms with Gasteiger partial charge in [0.15, 0.2) is 0 Å². The van der Waals surface area contributed by atoms with Gasteiger partial charge in [-0.05, 0) is 41.8 Å². The van der Waals surface area contributed by atoms with Gasteiger partial charge in [-0.3, -0.25) is 0 Å². The van der Waals surface area contributed by atoms with Crippen LogP contribution in [0.1, 0.15) is 5.56 Å². The SMILES string of the molecule is Cc1ccc(S(C)(C)OS(=O)(=O)C(F)(F)F)c2ccccc12. The smallest absolute Gasteiger partial charge is 0.209 e. The molecule has 0 aliphatic heterocycles. The molecule has 0 saturated heterocycles. The summed E-state index contributed by atoms with van der Waals surface area (Å²) in [6.45, 7) is 1.88. The van der Waals surface area contributed by atoms with Crippen LogP contribution < -0.4 is 0 Å². The molecule has 0 heterocycles. The normalized spacial score (nSPS) is 14.3. The Bertz CT molecular complexity index is 812. The van der Waals surface area contributed by atoms with Gasteiger partial charge in [-0.1, -0.05) is 40.6 Å². The molecule has 0 spiro atoms. The number of aryl methyl sites for hydroxylation is 1. The lowest BCUT2D eigenvalue weighted by molar-refractivity contribution is -0.0495. The molecule has 0 radical (unpaired) electrons. The van der Waals surface area contributed by atoms with Gasteiger partial charge in [-0.2, -0.15) is 21.6 Å². The van der Waals surface area contributed by atoms with Crippen LogP contribution in [-0.2, 0) is 13.7 Å². The van der Waals surface area contributed by atoms with Crippen LogP contribution in [0.3, 0.4) is 0 Å². The highest BCUT2D eigenvalue weighted by atomic mass is 32.3. The highest BCUT2D eigenvalue weighted by Crippen LogP contribution is 2.55. The number of halogens is 3. The summed E-state index contributed by atoms with van der Waals surface area (Å²) >= 11 is 0. The minimum absolute atomic E-state index is 0.460. The van der Waals surface area contributed by atoms with Gasteiger partial charge < -0.3 is 0 Å². The first kappa shape index (κ1) is 17.1. The second kappa shape index (κ2) is 5.43. The second-order valence-electron chi connectivity index (χ2n) is 5.13. The number of fused-ring (bicyclic) bond motifs is 1. The zero-order valence-corrected chi connectivity index (χ0v) is 13.8. The molecular weight excluding hydrogens is 337 g/mol. The van der Waals surface area contributed by atoms with E-state index >= 15 is 0 Å². The Kier molecular flexibility index (Phi) is 4.23. The van der Waals surface area contributed by atoms with Gasteiger partial charge in [-0.25, -0.2) is 3.63 Å². The third kappa shape index (κ3) is 3.09. The van der Waals surface area contributed by atoms with E-state index in [0.717, 1.165) is 10.9 Å². The standard InChI is InChI=1S/C14H15F3O3S2/c1-10-8-9-13(12-7-5-4-6-11(10)12)21(2,3)20-22(18,19)14(15,16)17/h4-9H,1-3H3. The van der Waals surface area contributed by atoms with Crippen LogP contribution in [0.15, 0.2) is 41.3 Å². The molecule has 3 nitrogen and oxygen atoms in total. The van der Waals surface area contributed by atoms with Crippen molar-refractivity contribution in [1.29, 1.82) is 0 Å². The molecule has 0 unspecified atom stereocenters. The average molecular weight is 352 g/mol. The Balaban J connectivity index is 2.58. The van der Waals surface area contributed by atoms with Gasteiger partial charge in [0.25, 0.3) is 0 Å². The van der Waals surface area contributed by atoms with E-state index in [1.54, 1.807) is 24.3 Å². The summed E-state index contributed by atoms with van der Waals surface area (Å²) in [5.74, 6) is 0. The van der Waals surface area contributed by atoms with Crippen molar-refractivity contribution in [3.63, 3.8) is 0 Å². The number of rotatable bonds is 3. The van der Waals surface area contributed by atoms with Crippen molar-refractivity contribution in [1.82, 2.24) is 0 Å². The minimum atomic E-state index is -5.65. The molecule has 0 atom stereocenters. The van der Waals surface area contributed by atoms with Crippen molar-refractivity contribution in [2.45, 2.75) is 17.3 Å². The fraction of sp³-hybridized carbons (Fsp3) is 0.286. The number of alkyl halides is 3. The lowest BCUT2D eigenvalue weighted by Crippen LogP contribution is -2.26. The van der Waals surface area contributed by atoms with Crippen molar-refractivity contribution in [2.24, 2.45) is 0 Å². The minimum Gasteiger partial charge on any atom is -0.209 e. The first-order valence-corrected chi connectivity index (χ1v) is 9.98. The Labute approximate surface area is 128 Å². The molecule has 0 bridgehead atoms. The second-order valence-corrected chi connectivity index (χ2v) is 9.95. The van der Waals surface area contributed by atoms with Gasteiger partial charge in [0.05, 0.1) is 0 Å². The molecule has 0 aromatic heterocycles. The predicted octanol–water partition coefficient (Wildman–Crippen LogP) is 4.35. The fourth-order valence-electron chi connectivity index (χ4n) is 2.15. The van der Waals surface area contributed by atoms with Crippen molar-refractivity contribution in [2.75, 3.05) is 12.5 Å². The topological polar surface area (TPSA) is 43.4 Å². The van der Waals surface area contributed by atoms with E-state index in [9.17, 15) is 21.6 Å². The van der Waals surface area contributed by atoms with Gasteiger partial charge in [0, 0.05) is 4.90 Å². The molecule has 2 aromatic carbocycles. The van der Waals surface area contributed by atoms with Crippen molar-refractivity contribution < 1.29 is 25.2 Å². The van der Waals surface area contributed by atoms with Crippen LogP contribution in [0, 0.1) is 6.92 Å². The molecule has 0 amide bonds. The third-order valence-corrected chi connectivity index (χ3v) is 7.23. The largest absolute Gasteiger partial charge is 0.523 e. The predicted molar refractivity (Wildman–Crippen MR) is 82.4 cm³/mol. The van der Waals surface area contributed by atoms with Crippen LogP contribution in [0.25, 0.3) is 10.8 Å². The number of benzene rings is 2. The molecular formula is C14H15F3O3S2. The van der Waals surface area contributed by atoms with E-state index in [-0.39, 0.29) is 0 Å². The molecule has 0 N–H and O–H groups in total. The number of hydrogen-bond donors (Lipinski definition) is 0. The van der Waals surface area contributed by atoms with Crippen LogP contribution >= 0.6 is 10.3 Å². The van der Waals surface area contributed by atoms with Crippen molar-refractivity contribution in [3.8, 4) is 0 Å². The molecule has 8 heteroatoms. The lowest BCUT2D eigenvalue weighted by Gasteiger charge is -2.31. The maximum atomic E-state index is 12.6. The Morgan fingerprint density at radius 2 is 1.50 bits per heavy atom. The fourth-order valence-corrected chi connectivity index (χ4v) is 5.65. The molecule has 2 aromatic rings. The summed E-state index contributed by atoms with van der Waals surface area (Å²) < 4.78 is 64.9. The molecule has 0 aliphatic rings. The molecule has 22 heavy (non-hydrogen) atoms.